The molecule has 0 amide bonds. The van der Waals surface area contributed by atoms with Gasteiger partial charge in [-0.25, -0.2) is 4.39 Å². The zero-order chi connectivity index (χ0) is 13.0. The first-order valence-corrected chi connectivity index (χ1v) is 6.66. The van der Waals surface area contributed by atoms with Crippen LogP contribution in [0.15, 0.2) is 24.3 Å². The van der Waals surface area contributed by atoms with Crippen LogP contribution in [0.5, 0.6) is 0 Å². The Morgan fingerprint density at radius 2 is 1.83 bits per heavy atom. The van der Waals surface area contributed by atoms with Gasteiger partial charge in [0.2, 0.25) is 0 Å². The quantitative estimate of drug-likeness (QED) is 0.845. The van der Waals surface area contributed by atoms with E-state index in [4.69, 9.17) is 0 Å². The van der Waals surface area contributed by atoms with E-state index in [-0.39, 0.29) is 19.0 Å². The zero-order valence-electron chi connectivity index (χ0n) is 10.6. The lowest BCUT2D eigenvalue weighted by molar-refractivity contribution is 0.00566. The largest absolute Gasteiger partial charge is 0.396 e. The lowest BCUT2D eigenvalue weighted by Crippen LogP contribution is -2.39. The second kappa shape index (κ2) is 5.81. The van der Waals surface area contributed by atoms with Crippen LogP contribution in [-0.2, 0) is 6.42 Å². The molecule has 1 aromatic rings. The van der Waals surface area contributed by atoms with E-state index in [0.29, 0.717) is 12.3 Å². The maximum atomic E-state index is 13.2. The van der Waals surface area contributed by atoms with Gasteiger partial charge in [0.15, 0.2) is 0 Å². The lowest BCUT2D eigenvalue weighted by atomic mass is 9.71. The first-order chi connectivity index (χ1) is 8.70. The predicted octanol–water partition coefficient (Wildman–Crippen LogP) is 2.53. The fourth-order valence-electron chi connectivity index (χ4n) is 3.16. The van der Waals surface area contributed by atoms with Crippen LogP contribution in [-0.4, -0.2) is 23.4 Å². The number of hydrogen-bond donors (Lipinski definition) is 2. The van der Waals surface area contributed by atoms with Gasteiger partial charge < -0.3 is 10.2 Å². The van der Waals surface area contributed by atoms with Crippen molar-refractivity contribution in [2.75, 3.05) is 13.2 Å². The Kier molecular flexibility index (Phi) is 4.36. The van der Waals surface area contributed by atoms with Crippen molar-refractivity contribution in [3.05, 3.63) is 35.6 Å². The van der Waals surface area contributed by atoms with Crippen LogP contribution in [0, 0.1) is 17.2 Å². The molecular weight excluding hydrogens is 231 g/mol. The minimum absolute atomic E-state index is 0.0370. The second-order valence-corrected chi connectivity index (χ2v) is 5.47. The summed E-state index contributed by atoms with van der Waals surface area (Å²) in [5, 5.41) is 19.4. The van der Waals surface area contributed by atoms with Gasteiger partial charge in [-0.05, 0) is 42.9 Å². The summed E-state index contributed by atoms with van der Waals surface area (Å²) >= 11 is 0. The van der Waals surface area contributed by atoms with Crippen LogP contribution < -0.4 is 0 Å². The minimum atomic E-state index is -0.496. The van der Waals surface area contributed by atoms with E-state index in [1.807, 2.05) is 6.07 Å². The van der Waals surface area contributed by atoms with E-state index < -0.39 is 5.41 Å². The summed E-state index contributed by atoms with van der Waals surface area (Å²) in [4.78, 5) is 0. The number of aliphatic hydroxyl groups excluding tert-OH is 2. The fourth-order valence-corrected chi connectivity index (χ4v) is 3.16. The van der Waals surface area contributed by atoms with Crippen LogP contribution in [0.25, 0.3) is 0 Å². The fraction of sp³-hybridized carbons (Fsp3) is 0.600. The van der Waals surface area contributed by atoms with E-state index >= 15 is 0 Å². The molecule has 2 N–H and O–H groups in total. The van der Waals surface area contributed by atoms with Gasteiger partial charge in [-0.3, -0.25) is 0 Å². The highest BCUT2D eigenvalue weighted by Crippen LogP contribution is 2.41. The van der Waals surface area contributed by atoms with E-state index in [1.165, 1.54) is 12.1 Å². The molecule has 18 heavy (non-hydrogen) atoms. The Balaban J connectivity index is 2.19. The van der Waals surface area contributed by atoms with E-state index in [0.717, 1.165) is 31.2 Å². The zero-order valence-corrected chi connectivity index (χ0v) is 10.6. The molecule has 0 spiro atoms. The third-order valence-electron chi connectivity index (χ3n) is 4.30. The molecule has 1 aliphatic carbocycles. The van der Waals surface area contributed by atoms with Crippen LogP contribution in [0.4, 0.5) is 4.39 Å². The van der Waals surface area contributed by atoms with Gasteiger partial charge in [-0.15, -0.1) is 0 Å². The standard InChI is InChI=1S/C15H21FO2/c16-14-7-3-4-12(8-14)9-15(10-17,11-18)13-5-1-2-6-13/h3-4,7-8,13,17-18H,1-2,5-6,9-11H2. The summed E-state index contributed by atoms with van der Waals surface area (Å²) < 4.78 is 13.2. The van der Waals surface area contributed by atoms with Crippen LogP contribution >= 0.6 is 0 Å². The van der Waals surface area contributed by atoms with Gasteiger partial charge in [-0.1, -0.05) is 25.0 Å². The van der Waals surface area contributed by atoms with Crippen molar-refractivity contribution < 1.29 is 14.6 Å². The van der Waals surface area contributed by atoms with Gasteiger partial charge in [0.25, 0.3) is 0 Å². The number of rotatable bonds is 5. The molecule has 1 saturated carbocycles. The minimum Gasteiger partial charge on any atom is -0.396 e. The molecule has 0 radical (unpaired) electrons. The summed E-state index contributed by atoms with van der Waals surface area (Å²) in [5.74, 6) is 0.0828. The number of aliphatic hydroxyl groups is 2. The first kappa shape index (κ1) is 13.5. The summed E-state index contributed by atoms with van der Waals surface area (Å²) in [6.07, 6.45) is 4.97. The van der Waals surface area contributed by atoms with Crippen molar-refractivity contribution in [1.29, 1.82) is 0 Å². The highest BCUT2D eigenvalue weighted by Gasteiger charge is 2.39. The molecule has 0 unspecified atom stereocenters. The highest BCUT2D eigenvalue weighted by molar-refractivity contribution is 5.18. The van der Waals surface area contributed by atoms with Crippen LogP contribution in [0.2, 0.25) is 0 Å². The molecule has 0 aromatic heterocycles. The van der Waals surface area contributed by atoms with Gasteiger partial charge in [0, 0.05) is 5.41 Å². The first-order valence-electron chi connectivity index (χ1n) is 6.66. The average molecular weight is 252 g/mol. The molecule has 1 fully saturated rings. The average Bonchev–Trinajstić information content (AvgIpc) is 2.90. The molecule has 0 bridgehead atoms. The molecule has 100 valence electrons. The molecule has 1 aliphatic rings. The van der Waals surface area contributed by atoms with E-state index in [9.17, 15) is 14.6 Å². The van der Waals surface area contributed by atoms with Crippen molar-refractivity contribution in [3.8, 4) is 0 Å². The molecule has 0 atom stereocenters. The van der Waals surface area contributed by atoms with Crippen molar-refractivity contribution in [1.82, 2.24) is 0 Å². The summed E-state index contributed by atoms with van der Waals surface area (Å²) in [6.45, 7) is -0.0740. The van der Waals surface area contributed by atoms with Crippen molar-refractivity contribution in [2.24, 2.45) is 11.3 Å². The summed E-state index contributed by atoms with van der Waals surface area (Å²) in [7, 11) is 0. The number of halogens is 1. The van der Waals surface area contributed by atoms with Gasteiger partial charge >= 0.3 is 0 Å². The molecule has 2 nitrogen and oxygen atoms in total. The Labute approximate surface area is 107 Å². The van der Waals surface area contributed by atoms with Crippen LogP contribution in [0.3, 0.4) is 0 Å². The maximum absolute atomic E-state index is 13.2. The second-order valence-electron chi connectivity index (χ2n) is 5.47. The molecular formula is C15H21FO2. The Bertz CT molecular complexity index is 382. The Morgan fingerprint density at radius 3 is 2.39 bits per heavy atom. The Morgan fingerprint density at radius 1 is 1.17 bits per heavy atom. The lowest BCUT2D eigenvalue weighted by Gasteiger charge is -2.36. The van der Waals surface area contributed by atoms with Gasteiger partial charge in [0.1, 0.15) is 5.82 Å². The SMILES string of the molecule is OCC(CO)(Cc1cccc(F)c1)C1CCCC1. The third kappa shape index (κ3) is 2.73. The van der Waals surface area contributed by atoms with Crippen molar-refractivity contribution in [2.45, 2.75) is 32.1 Å². The van der Waals surface area contributed by atoms with Crippen molar-refractivity contribution >= 4 is 0 Å². The van der Waals surface area contributed by atoms with Crippen molar-refractivity contribution in [3.63, 3.8) is 0 Å². The molecule has 0 saturated heterocycles. The predicted molar refractivity (Wildman–Crippen MR) is 68.7 cm³/mol. The van der Waals surface area contributed by atoms with E-state index in [2.05, 4.69) is 0 Å². The maximum Gasteiger partial charge on any atom is 0.123 e. The number of hydrogen-bond acceptors (Lipinski definition) is 2. The molecule has 0 heterocycles. The van der Waals surface area contributed by atoms with E-state index in [1.54, 1.807) is 6.07 Å². The number of benzene rings is 1. The highest BCUT2D eigenvalue weighted by atomic mass is 19.1. The smallest absolute Gasteiger partial charge is 0.123 e. The molecule has 1 aromatic carbocycles. The molecule has 3 heteroatoms. The van der Waals surface area contributed by atoms with Gasteiger partial charge in [0.05, 0.1) is 13.2 Å². The molecule has 2 rings (SSSR count). The van der Waals surface area contributed by atoms with Gasteiger partial charge in [-0.2, -0.15) is 0 Å². The normalized spacial score (nSPS) is 17.3. The molecule has 0 aliphatic heterocycles. The summed E-state index contributed by atoms with van der Waals surface area (Å²) in [6, 6.07) is 6.45. The topological polar surface area (TPSA) is 40.5 Å². The van der Waals surface area contributed by atoms with Crippen LogP contribution in [0.1, 0.15) is 31.2 Å². The summed E-state index contributed by atoms with van der Waals surface area (Å²) in [5.41, 5.74) is 0.356. The monoisotopic (exact) mass is 252 g/mol. The Hall–Kier alpha value is -0.930. The third-order valence-corrected chi connectivity index (χ3v) is 4.30.